The first kappa shape index (κ1) is 21.6. The molecule has 0 unspecified atom stereocenters. The van der Waals surface area contributed by atoms with Gasteiger partial charge in [0.25, 0.3) is 15.9 Å². The van der Waals surface area contributed by atoms with Crippen molar-refractivity contribution in [2.24, 2.45) is 0 Å². The Morgan fingerprint density at radius 1 is 0.875 bits per heavy atom. The van der Waals surface area contributed by atoms with E-state index >= 15 is 0 Å². The number of carbonyl (C=O) groups excluding carboxylic acids is 1. The molecule has 32 heavy (non-hydrogen) atoms. The number of halogens is 2. The van der Waals surface area contributed by atoms with Crippen LogP contribution in [-0.4, -0.2) is 19.3 Å². The first-order chi connectivity index (χ1) is 15.3. The number of hydrogen-bond donors (Lipinski definition) is 2. The van der Waals surface area contributed by atoms with E-state index in [-0.39, 0.29) is 26.7 Å². The largest absolute Gasteiger partial charge is 0.319 e. The summed E-state index contributed by atoms with van der Waals surface area (Å²) in [6.45, 7) is 0. The van der Waals surface area contributed by atoms with Crippen molar-refractivity contribution in [2.75, 3.05) is 10.0 Å². The predicted molar refractivity (Wildman–Crippen MR) is 119 cm³/mol. The first-order valence-electron chi connectivity index (χ1n) is 9.23. The summed E-state index contributed by atoms with van der Waals surface area (Å²) in [4.78, 5) is 16.9. The summed E-state index contributed by atoms with van der Waals surface area (Å²) in [6.07, 6.45) is 1.33. The van der Waals surface area contributed by atoms with Crippen molar-refractivity contribution in [3.63, 3.8) is 0 Å². The van der Waals surface area contributed by atoms with Gasteiger partial charge < -0.3 is 5.32 Å². The molecule has 0 aliphatic heterocycles. The zero-order valence-corrected chi connectivity index (χ0v) is 17.9. The number of para-hydroxylation sites is 2. The van der Waals surface area contributed by atoms with Crippen LogP contribution < -0.4 is 10.0 Å². The molecule has 0 saturated carbocycles. The molecule has 4 aromatic rings. The summed E-state index contributed by atoms with van der Waals surface area (Å²) in [7, 11) is -4.01. The van der Waals surface area contributed by atoms with Crippen molar-refractivity contribution in [1.82, 2.24) is 4.98 Å². The summed E-state index contributed by atoms with van der Waals surface area (Å²) in [5.41, 5.74) is 0.622. The quantitative estimate of drug-likeness (QED) is 0.408. The molecule has 1 heterocycles. The molecule has 1 aromatic heterocycles. The number of amides is 1. The summed E-state index contributed by atoms with van der Waals surface area (Å²) in [5, 5.41) is 2.99. The molecule has 0 aliphatic rings. The van der Waals surface area contributed by atoms with Crippen LogP contribution in [0.2, 0.25) is 0 Å². The fraction of sp³-hybridized carbons (Fsp3) is 0. The Labute approximate surface area is 186 Å². The van der Waals surface area contributed by atoms with Crippen molar-refractivity contribution in [1.29, 1.82) is 0 Å². The SMILES string of the molecule is O=C(Nc1ccccc1NS(=O)(=O)c1ccc(F)cc1)c1cnc(-c2ccccc2F)s1. The first-order valence-corrected chi connectivity index (χ1v) is 11.5. The number of anilines is 2. The van der Waals surface area contributed by atoms with E-state index in [0.29, 0.717) is 5.01 Å². The van der Waals surface area contributed by atoms with Gasteiger partial charge in [0.15, 0.2) is 0 Å². The van der Waals surface area contributed by atoms with E-state index in [4.69, 9.17) is 0 Å². The average molecular weight is 472 g/mol. The molecule has 0 bridgehead atoms. The fourth-order valence-corrected chi connectivity index (χ4v) is 4.74. The Balaban J connectivity index is 1.55. The third-order valence-corrected chi connectivity index (χ3v) is 6.79. The van der Waals surface area contributed by atoms with Crippen LogP contribution in [0.5, 0.6) is 0 Å². The van der Waals surface area contributed by atoms with E-state index in [1.807, 2.05) is 0 Å². The topological polar surface area (TPSA) is 88.2 Å². The normalized spacial score (nSPS) is 11.2. The van der Waals surface area contributed by atoms with Crippen LogP contribution in [0.25, 0.3) is 10.6 Å². The lowest BCUT2D eigenvalue weighted by Gasteiger charge is -2.13. The van der Waals surface area contributed by atoms with Gasteiger partial charge in [-0.05, 0) is 48.5 Å². The van der Waals surface area contributed by atoms with Gasteiger partial charge in [0.1, 0.15) is 21.5 Å². The number of thiazole rings is 1. The molecule has 0 atom stereocenters. The number of aromatic nitrogens is 1. The molecule has 0 saturated heterocycles. The van der Waals surface area contributed by atoms with Crippen molar-refractivity contribution < 1.29 is 22.0 Å². The maximum Gasteiger partial charge on any atom is 0.267 e. The van der Waals surface area contributed by atoms with Crippen LogP contribution in [0.15, 0.2) is 83.9 Å². The molecular formula is C22H15F2N3O3S2. The Morgan fingerprint density at radius 2 is 1.53 bits per heavy atom. The molecule has 2 N–H and O–H groups in total. The number of sulfonamides is 1. The van der Waals surface area contributed by atoms with E-state index in [9.17, 15) is 22.0 Å². The lowest BCUT2D eigenvalue weighted by Crippen LogP contribution is -2.16. The molecule has 162 valence electrons. The van der Waals surface area contributed by atoms with E-state index < -0.39 is 27.6 Å². The van der Waals surface area contributed by atoms with Crippen molar-refractivity contribution >= 4 is 38.6 Å². The Morgan fingerprint density at radius 3 is 2.25 bits per heavy atom. The van der Waals surface area contributed by atoms with Crippen molar-refractivity contribution in [3.05, 3.63) is 95.5 Å². The standard InChI is InChI=1S/C22H15F2N3O3S2/c23-14-9-11-15(12-10-14)32(29,30)27-19-8-4-3-7-18(19)26-21(28)20-13-25-22(31-20)16-5-1-2-6-17(16)24/h1-13,27H,(H,26,28). The highest BCUT2D eigenvalue weighted by molar-refractivity contribution is 7.92. The number of hydrogen-bond acceptors (Lipinski definition) is 5. The van der Waals surface area contributed by atoms with E-state index in [1.54, 1.807) is 30.3 Å². The van der Waals surface area contributed by atoms with Gasteiger partial charge in [-0.2, -0.15) is 0 Å². The van der Waals surface area contributed by atoms with Gasteiger partial charge in [-0.3, -0.25) is 9.52 Å². The van der Waals surface area contributed by atoms with E-state index in [0.717, 1.165) is 35.6 Å². The van der Waals surface area contributed by atoms with Crippen LogP contribution in [-0.2, 0) is 10.0 Å². The smallest absolute Gasteiger partial charge is 0.267 e. The predicted octanol–water partition coefficient (Wildman–Crippen LogP) is 5.14. The Bertz CT molecular complexity index is 1390. The molecule has 0 radical (unpaired) electrons. The zero-order chi connectivity index (χ0) is 22.7. The number of nitrogens with one attached hydrogen (secondary N) is 2. The molecule has 10 heteroatoms. The lowest BCUT2D eigenvalue weighted by atomic mass is 10.2. The second-order valence-corrected chi connectivity index (χ2v) is 9.28. The highest BCUT2D eigenvalue weighted by Gasteiger charge is 2.19. The third kappa shape index (κ3) is 4.66. The maximum atomic E-state index is 14.0. The minimum atomic E-state index is -4.01. The lowest BCUT2D eigenvalue weighted by molar-refractivity contribution is 0.103. The van der Waals surface area contributed by atoms with Crippen LogP contribution in [0.3, 0.4) is 0 Å². The fourth-order valence-electron chi connectivity index (χ4n) is 2.82. The van der Waals surface area contributed by atoms with Gasteiger partial charge in [0, 0.05) is 5.56 Å². The van der Waals surface area contributed by atoms with Crippen LogP contribution >= 0.6 is 11.3 Å². The van der Waals surface area contributed by atoms with Gasteiger partial charge >= 0.3 is 0 Å². The second kappa shape index (κ2) is 8.85. The zero-order valence-electron chi connectivity index (χ0n) is 16.2. The molecule has 3 aromatic carbocycles. The number of carbonyl (C=O) groups is 1. The minimum Gasteiger partial charge on any atom is -0.319 e. The maximum absolute atomic E-state index is 14.0. The summed E-state index contributed by atoms with van der Waals surface area (Å²) >= 11 is 1.01. The van der Waals surface area contributed by atoms with Crippen molar-refractivity contribution in [2.45, 2.75) is 4.90 Å². The average Bonchev–Trinajstić information content (AvgIpc) is 3.26. The molecule has 1 amide bonds. The van der Waals surface area contributed by atoms with Gasteiger partial charge in [-0.1, -0.05) is 24.3 Å². The monoisotopic (exact) mass is 471 g/mol. The number of nitrogens with zero attached hydrogens (tertiary/aromatic N) is 1. The molecule has 0 aliphatic carbocycles. The summed E-state index contributed by atoms with van der Waals surface area (Å²) in [6, 6.07) is 16.7. The van der Waals surface area contributed by atoms with Crippen LogP contribution in [0, 0.1) is 11.6 Å². The van der Waals surface area contributed by atoms with Crippen LogP contribution in [0.1, 0.15) is 9.67 Å². The molecule has 0 fully saturated rings. The highest BCUT2D eigenvalue weighted by Crippen LogP contribution is 2.29. The van der Waals surface area contributed by atoms with Crippen molar-refractivity contribution in [3.8, 4) is 10.6 Å². The molecule has 4 rings (SSSR count). The Hall–Kier alpha value is -3.63. The third-order valence-electron chi connectivity index (χ3n) is 4.38. The number of rotatable bonds is 6. The van der Waals surface area contributed by atoms with Crippen LogP contribution in [0.4, 0.5) is 20.2 Å². The summed E-state index contributed by atoms with van der Waals surface area (Å²) < 4.78 is 54.7. The van der Waals surface area contributed by atoms with E-state index in [2.05, 4.69) is 15.0 Å². The minimum absolute atomic E-state index is 0.128. The molecule has 6 nitrogen and oxygen atoms in total. The van der Waals surface area contributed by atoms with E-state index in [1.165, 1.54) is 24.4 Å². The van der Waals surface area contributed by atoms with Gasteiger partial charge in [0.05, 0.1) is 22.5 Å². The molecular weight excluding hydrogens is 456 g/mol. The van der Waals surface area contributed by atoms with Gasteiger partial charge in [-0.25, -0.2) is 22.2 Å². The van der Waals surface area contributed by atoms with Gasteiger partial charge in [0.2, 0.25) is 0 Å². The Kier molecular flexibility index (Phi) is 5.97. The second-order valence-electron chi connectivity index (χ2n) is 6.57. The van der Waals surface area contributed by atoms with Gasteiger partial charge in [-0.15, -0.1) is 11.3 Å². The summed E-state index contributed by atoms with van der Waals surface area (Å²) in [5.74, 6) is -1.54. The molecule has 0 spiro atoms. The highest BCUT2D eigenvalue weighted by atomic mass is 32.2. The number of benzene rings is 3.